The van der Waals surface area contributed by atoms with Crippen molar-refractivity contribution in [1.29, 1.82) is 0 Å². The Morgan fingerprint density at radius 2 is 1.97 bits per heavy atom. The molecule has 1 aromatic carbocycles. The molecular weight excluding hydrogens is 501 g/mol. The number of aliphatic imine (C=N–C) groups is 1. The van der Waals surface area contributed by atoms with Gasteiger partial charge in [0.15, 0.2) is 5.78 Å². The Labute approximate surface area is 219 Å². The van der Waals surface area contributed by atoms with E-state index in [0.29, 0.717) is 35.5 Å². The Balaban J connectivity index is 2.44. The number of rotatable bonds is 12. The van der Waals surface area contributed by atoms with Crippen LogP contribution in [0.2, 0.25) is 0 Å². The Hall–Kier alpha value is -3.53. The van der Waals surface area contributed by atoms with E-state index in [1.165, 1.54) is 31.9 Å². The normalized spacial score (nSPS) is 12.2. The Morgan fingerprint density at radius 1 is 1.24 bits per heavy atom. The highest BCUT2D eigenvalue weighted by atomic mass is 32.2. The van der Waals surface area contributed by atoms with Gasteiger partial charge in [-0.2, -0.15) is 13.2 Å². The van der Waals surface area contributed by atoms with Crippen LogP contribution in [0, 0.1) is 6.92 Å². The zero-order chi connectivity index (χ0) is 27.6. The van der Waals surface area contributed by atoms with Gasteiger partial charge in [0.2, 0.25) is 0 Å². The lowest BCUT2D eigenvalue weighted by Gasteiger charge is -2.19. The smallest absolute Gasteiger partial charge is 0.419 e. The minimum atomic E-state index is -4.66. The van der Waals surface area contributed by atoms with E-state index in [2.05, 4.69) is 33.8 Å². The fourth-order valence-corrected chi connectivity index (χ4v) is 3.92. The van der Waals surface area contributed by atoms with Gasteiger partial charge in [0.25, 0.3) is 0 Å². The molecule has 0 saturated carbocycles. The van der Waals surface area contributed by atoms with Crippen LogP contribution in [0.25, 0.3) is 0 Å². The van der Waals surface area contributed by atoms with Gasteiger partial charge >= 0.3 is 6.18 Å². The number of aromatic nitrogens is 1. The van der Waals surface area contributed by atoms with E-state index in [0.717, 1.165) is 16.8 Å². The van der Waals surface area contributed by atoms with E-state index in [1.54, 1.807) is 30.3 Å². The number of carbonyl (C=O) groups is 1. The predicted molar refractivity (Wildman–Crippen MR) is 146 cm³/mol. The number of benzene rings is 1. The van der Waals surface area contributed by atoms with E-state index >= 15 is 0 Å². The first-order valence-electron chi connectivity index (χ1n) is 11.4. The quantitative estimate of drug-likeness (QED) is 0.131. The second kappa shape index (κ2) is 13.7. The topological polar surface area (TPSA) is 75.6 Å². The van der Waals surface area contributed by atoms with Crippen LogP contribution in [0.4, 0.5) is 24.5 Å². The third-order valence-electron chi connectivity index (χ3n) is 5.19. The molecule has 198 valence electrons. The van der Waals surface area contributed by atoms with Crippen molar-refractivity contribution >= 4 is 34.8 Å². The van der Waals surface area contributed by atoms with Crippen molar-refractivity contribution in [3.8, 4) is 5.75 Å². The summed E-state index contributed by atoms with van der Waals surface area (Å²) in [4.78, 5) is 20.2. The highest BCUT2D eigenvalue weighted by molar-refractivity contribution is 7.98. The molecule has 0 aliphatic carbocycles. The molecule has 0 radical (unpaired) electrons. The average molecular weight is 533 g/mol. The number of aryl methyl sites for hydroxylation is 2. The van der Waals surface area contributed by atoms with Gasteiger partial charge in [0.1, 0.15) is 17.4 Å². The summed E-state index contributed by atoms with van der Waals surface area (Å²) in [7, 11) is 1.50. The van der Waals surface area contributed by atoms with Crippen LogP contribution in [0.5, 0.6) is 5.75 Å². The molecule has 37 heavy (non-hydrogen) atoms. The molecule has 0 bridgehead atoms. The Bertz CT molecular complexity index is 1210. The fraction of sp³-hybridized carbons (Fsp3) is 0.296. The highest BCUT2D eigenvalue weighted by Gasteiger charge is 2.37. The molecule has 6 nitrogen and oxygen atoms in total. The lowest BCUT2D eigenvalue weighted by molar-refractivity contribution is -0.114. The molecule has 10 heteroatoms. The maximum Gasteiger partial charge on any atom is 0.419 e. The second-order valence-electron chi connectivity index (χ2n) is 7.94. The van der Waals surface area contributed by atoms with Crippen molar-refractivity contribution in [3.63, 3.8) is 0 Å². The van der Waals surface area contributed by atoms with Crippen molar-refractivity contribution in [1.82, 2.24) is 4.98 Å². The first kappa shape index (κ1) is 29.7. The van der Waals surface area contributed by atoms with Crippen LogP contribution in [-0.4, -0.2) is 36.1 Å². The number of hydrogen-bond acceptors (Lipinski definition) is 6. The first-order valence-corrected chi connectivity index (χ1v) is 12.6. The van der Waals surface area contributed by atoms with Crippen LogP contribution in [0.1, 0.15) is 31.0 Å². The molecule has 0 atom stereocenters. The summed E-state index contributed by atoms with van der Waals surface area (Å²) < 4.78 is 47.1. The molecule has 0 spiro atoms. The van der Waals surface area contributed by atoms with Gasteiger partial charge in [0, 0.05) is 23.5 Å². The van der Waals surface area contributed by atoms with Crippen LogP contribution < -0.4 is 15.4 Å². The second-order valence-corrected chi connectivity index (χ2v) is 8.77. The zero-order valence-electron chi connectivity index (χ0n) is 21.3. The molecule has 0 aliphatic rings. The number of methoxy groups -OCH3 is 1. The minimum Gasteiger partial charge on any atom is -0.497 e. The molecule has 0 aliphatic heterocycles. The zero-order valence-corrected chi connectivity index (χ0v) is 22.1. The van der Waals surface area contributed by atoms with Crippen molar-refractivity contribution < 1.29 is 22.7 Å². The van der Waals surface area contributed by atoms with Gasteiger partial charge in [0.05, 0.1) is 17.7 Å². The minimum absolute atomic E-state index is 0.00962. The third kappa shape index (κ3) is 9.13. The summed E-state index contributed by atoms with van der Waals surface area (Å²) in [6.45, 7) is 10.4. The molecule has 1 aromatic heterocycles. The number of ether oxygens (including phenoxy) is 1. The lowest BCUT2D eigenvalue weighted by atomic mass is 10.0. The van der Waals surface area contributed by atoms with E-state index < -0.39 is 17.6 Å². The number of nitrogens with one attached hydrogen (secondary N) is 2. The number of anilines is 2. The summed E-state index contributed by atoms with van der Waals surface area (Å²) in [5, 5.41) is 6.55. The van der Waals surface area contributed by atoms with Crippen LogP contribution in [0.3, 0.4) is 0 Å². The summed E-state index contributed by atoms with van der Waals surface area (Å²) in [5.41, 5.74) is 1.48. The lowest BCUT2D eigenvalue weighted by Crippen LogP contribution is -2.27. The summed E-state index contributed by atoms with van der Waals surface area (Å²) >= 11 is 1.44. The van der Waals surface area contributed by atoms with Crippen molar-refractivity contribution in [2.45, 2.75) is 44.3 Å². The number of nitrogens with zero attached hydrogens (tertiary/aromatic N) is 2. The molecule has 2 rings (SSSR count). The predicted octanol–water partition coefficient (Wildman–Crippen LogP) is 7.10. The van der Waals surface area contributed by atoms with Crippen LogP contribution >= 0.6 is 11.8 Å². The average Bonchev–Trinajstić information content (AvgIpc) is 2.83. The maximum atomic E-state index is 13.9. The van der Waals surface area contributed by atoms with Gasteiger partial charge in [-0.25, -0.2) is 9.98 Å². The van der Waals surface area contributed by atoms with E-state index in [9.17, 15) is 18.0 Å². The Kier molecular flexibility index (Phi) is 11.0. The standard InChI is InChI=1S/C27H31F3N4O2S/c1-7-21(35)11-9-10-19-15-22(36-5)12-13-24(19)34-26(23(8-2)27(28,29)30)33-18(4)32-20-14-17(3)31-25(16-20)37-6/h7-8,12-16H,1,4,9-11H2,2-3,5-6H3,(H,31,32)(H,33,34)/b23-8+. The summed E-state index contributed by atoms with van der Waals surface area (Å²) in [5.74, 6) is 0.0264. The number of halogens is 3. The van der Waals surface area contributed by atoms with Gasteiger partial charge in [-0.1, -0.05) is 19.2 Å². The van der Waals surface area contributed by atoms with E-state index in [4.69, 9.17) is 4.74 Å². The number of carbonyl (C=O) groups excluding carboxylic acids is 1. The third-order valence-corrected chi connectivity index (χ3v) is 5.81. The molecule has 2 aromatic rings. The van der Waals surface area contributed by atoms with Gasteiger partial charge in [-0.3, -0.25) is 4.79 Å². The molecule has 2 N–H and O–H groups in total. The molecule has 0 unspecified atom stereocenters. The number of hydrogen-bond donors (Lipinski definition) is 2. The maximum absolute atomic E-state index is 13.9. The highest BCUT2D eigenvalue weighted by Crippen LogP contribution is 2.30. The van der Waals surface area contributed by atoms with Gasteiger partial charge in [-0.15, -0.1) is 11.8 Å². The summed E-state index contributed by atoms with van der Waals surface area (Å²) in [6, 6.07) is 8.49. The van der Waals surface area contributed by atoms with Crippen molar-refractivity contribution in [2.75, 3.05) is 24.0 Å². The van der Waals surface area contributed by atoms with Crippen LogP contribution in [-0.2, 0) is 11.2 Å². The monoisotopic (exact) mass is 532 g/mol. The number of amidine groups is 1. The molecule has 1 heterocycles. The van der Waals surface area contributed by atoms with Crippen LogP contribution in [0.15, 0.2) is 77.1 Å². The number of ketones is 1. The largest absolute Gasteiger partial charge is 0.497 e. The SMILES string of the molecule is C=CC(=O)CCCc1cc(OC)ccc1NC(=N/C(=C)Nc1cc(C)nc(SC)c1)/C(=C\C)C(F)(F)F. The van der Waals surface area contributed by atoms with E-state index in [-0.39, 0.29) is 18.0 Å². The molecule has 0 saturated heterocycles. The number of allylic oxidation sites excluding steroid dienone is 2. The van der Waals surface area contributed by atoms with Crippen molar-refractivity contribution in [3.05, 3.63) is 78.3 Å². The van der Waals surface area contributed by atoms with E-state index in [1.807, 2.05) is 13.2 Å². The molecule has 0 amide bonds. The van der Waals surface area contributed by atoms with Crippen molar-refractivity contribution in [2.24, 2.45) is 4.99 Å². The molecular formula is C27H31F3N4O2S. The fourth-order valence-electron chi connectivity index (χ4n) is 3.44. The van der Waals surface area contributed by atoms with Gasteiger partial charge < -0.3 is 15.4 Å². The summed E-state index contributed by atoms with van der Waals surface area (Å²) in [6.07, 6.45) is 0.605. The molecule has 0 fully saturated rings. The number of thioether (sulfide) groups is 1. The first-order chi connectivity index (χ1) is 17.5. The number of alkyl halides is 3. The number of pyridine rings is 1. The Morgan fingerprint density at radius 3 is 2.57 bits per heavy atom. The van der Waals surface area contributed by atoms with Gasteiger partial charge in [-0.05, 0) is 74.9 Å².